The first-order valence-electron chi connectivity index (χ1n) is 4.88. The molecule has 0 radical (unpaired) electrons. The predicted octanol–water partition coefficient (Wildman–Crippen LogP) is 3.63. The molecule has 0 fully saturated rings. The van der Waals surface area contributed by atoms with E-state index in [4.69, 9.17) is 11.6 Å². The second-order valence-electron chi connectivity index (χ2n) is 3.29. The fraction of sp³-hybridized carbons (Fsp3) is 0.455. The lowest BCUT2D eigenvalue weighted by Gasteiger charge is -2.11. The minimum Gasteiger partial charge on any atom is -0.315 e. The Bertz CT molecular complexity index is 294. The van der Waals surface area contributed by atoms with Crippen molar-refractivity contribution in [3.05, 3.63) is 34.9 Å². The van der Waals surface area contributed by atoms with Crippen LogP contribution in [-0.2, 0) is 6.42 Å². The Kier molecular flexibility index (Phi) is 6.89. The highest BCUT2D eigenvalue weighted by Gasteiger charge is 2.07. The maximum atomic E-state index is 6.08. The summed E-state index contributed by atoms with van der Waals surface area (Å²) in [5.41, 5.74) is 1.20. The minimum atomic E-state index is 0.427. The summed E-state index contributed by atoms with van der Waals surface area (Å²) in [5, 5.41) is 5.17. The van der Waals surface area contributed by atoms with Crippen LogP contribution in [0.2, 0.25) is 5.02 Å². The maximum Gasteiger partial charge on any atom is 0.0438 e. The molecule has 0 saturated carbocycles. The van der Waals surface area contributed by atoms with Crippen molar-refractivity contribution in [3.63, 3.8) is 0 Å². The van der Waals surface area contributed by atoms with Gasteiger partial charge < -0.3 is 5.32 Å². The predicted molar refractivity (Wildman–Crippen MR) is 74.5 cm³/mol. The monoisotopic (exact) mass is 353 g/mol. The van der Waals surface area contributed by atoms with Gasteiger partial charge >= 0.3 is 0 Å². The number of rotatable bonds is 6. The minimum absolute atomic E-state index is 0.427. The van der Waals surface area contributed by atoms with Crippen molar-refractivity contribution < 1.29 is 0 Å². The van der Waals surface area contributed by atoms with Crippen molar-refractivity contribution in [1.82, 2.24) is 5.32 Å². The molecule has 1 aromatic carbocycles. The van der Waals surface area contributed by atoms with Crippen LogP contribution in [0.4, 0.5) is 0 Å². The quantitative estimate of drug-likeness (QED) is 0.607. The van der Waals surface area contributed by atoms with E-state index in [1.54, 1.807) is 0 Å². The molecule has 1 atom stereocenters. The van der Waals surface area contributed by atoms with Crippen LogP contribution in [-0.4, -0.2) is 23.2 Å². The van der Waals surface area contributed by atoms with E-state index in [0.29, 0.717) is 4.83 Å². The number of nitrogens with one attached hydrogen (secondary N) is 1. The van der Waals surface area contributed by atoms with Gasteiger partial charge in [-0.15, -0.1) is 0 Å². The Morgan fingerprint density at radius 1 is 1.33 bits per heavy atom. The molecule has 0 amide bonds. The summed E-state index contributed by atoms with van der Waals surface area (Å²) in [7, 11) is 0. The zero-order valence-electron chi connectivity index (χ0n) is 8.35. The largest absolute Gasteiger partial charge is 0.315 e. The molecule has 0 heterocycles. The first-order valence-corrected chi connectivity index (χ1v) is 7.29. The van der Waals surface area contributed by atoms with E-state index in [-0.39, 0.29) is 0 Å². The molecule has 0 bridgehead atoms. The highest BCUT2D eigenvalue weighted by atomic mass is 79.9. The summed E-state index contributed by atoms with van der Waals surface area (Å²) in [6, 6.07) is 7.98. The molecule has 0 aromatic heterocycles. The van der Waals surface area contributed by atoms with Gasteiger partial charge in [0.1, 0.15) is 0 Å². The van der Waals surface area contributed by atoms with E-state index < -0.39 is 0 Å². The number of benzene rings is 1. The SMILES string of the molecule is Clc1ccccc1CC(Br)CNCCBr. The molecule has 0 saturated heterocycles. The molecule has 0 aliphatic rings. The number of hydrogen-bond donors (Lipinski definition) is 1. The van der Waals surface area contributed by atoms with E-state index >= 15 is 0 Å². The van der Waals surface area contributed by atoms with Crippen LogP contribution in [0.25, 0.3) is 0 Å². The summed E-state index contributed by atoms with van der Waals surface area (Å²) in [5.74, 6) is 0. The van der Waals surface area contributed by atoms with Crippen LogP contribution in [0.15, 0.2) is 24.3 Å². The maximum absolute atomic E-state index is 6.08. The van der Waals surface area contributed by atoms with Crippen molar-refractivity contribution >= 4 is 43.5 Å². The Labute approximate surface area is 113 Å². The van der Waals surface area contributed by atoms with Gasteiger partial charge in [-0.1, -0.05) is 61.7 Å². The first kappa shape index (κ1) is 13.5. The Balaban J connectivity index is 2.37. The first-order chi connectivity index (χ1) is 7.24. The van der Waals surface area contributed by atoms with Crippen LogP contribution in [0.1, 0.15) is 5.56 Å². The normalized spacial score (nSPS) is 12.7. The van der Waals surface area contributed by atoms with E-state index in [2.05, 4.69) is 43.2 Å². The van der Waals surface area contributed by atoms with Gasteiger partial charge in [0, 0.05) is 28.3 Å². The van der Waals surface area contributed by atoms with Crippen molar-refractivity contribution in [1.29, 1.82) is 0 Å². The van der Waals surface area contributed by atoms with Gasteiger partial charge in [-0.2, -0.15) is 0 Å². The average molecular weight is 356 g/mol. The molecule has 0 aliphatic carbocycles. The van der Waals surface area contributed by atoms with Crippen LogP contribution in [0.3, 0.4) is 0 Å². The number of alkyl halides is 2. The molecular weight excluding hydrogens is 341 g/mol. The molecular formula is C11H14Br2ClN. The third-order valence-corrected chi connectivity index (χ3v) is 3.45. The van der Waals surface area contributed by atoms with E-state index in [9.17, 15) is 0 Å². The molecule has 84 valence electrons. The van der Waals surface area contributed by atoms with Crippen LogP contribution >= 0.6 is 43.5 Å². The van der Waals surface area contributed by atoms with E-state index in [0.717, 1.165) is 29.9 Å². The van der Waals surface area contributed by atoms with Crippen molar-refractivity contribution in [3.8, 4) is 0 Å². The molecule has 0 aliphatic heterocycles. The second-order valence-corrected chi connectivity index (χ2v) is 5.78. The van der Waals surface area contributed by atoms with Crippen molar-refractivity contribution in [2.24, 2.45) is 0 Å². The third-order valence-electron chi connectivity index (χ3n) is 2.04. The zero-order valence-corrected chi connectivity index (χ0v) is 12.3. The van der Waals surface area contributed by atoms with Gasteiger partial charge in [-0.3, -0.25) is 0 Å². The Morgan fingerprint density at radius 3 is 2.73 bits per heavy atom. The summed E-state index contributed by atoms with van der Waals surface area (Å²) in [6.45, 7) is 1.95. The number of hydrogen-bond acceptors (Lipinski definition) is 1. The van der Waals surface area contributed by atoms with Crippen molar-refractivity contribution in [2.45, 2.75) is 11.2 Å². The summed E-state index contributed by atoms with van der Waals surface area (Å²) < 4.78 is 0. The van der Waals surface area contributed by atoms with E-state index in [1.165, 1.54) is 5.56 Å². The highest BCUT2D eigenvalue weighted by Crippen LogP contribution is 2.18. The van der Waals surface area contributed by atoms with Gasteiger partial charge in [-0.05, 0) is 18.1 Å². The fourth-order valence-electron chi connectivity index (χ4n) is 1.30. The lowest BCUT2D eigenvalue weighted by Crippen LogP contribution is -2.26. The molecule has 1 nitrogen and oxygen atoms in total. The Morgan fingerprint density at radius 2 is 2.07 bits per heavy atom. The van der Waals surface area contributed by atoms with E-state index in [1.807, 2.05) is 18.2 Å². The lowest BCUT2D eigenvalue weighted by atomic mass is 10.1. The molecule has 1 unspecified atom stereocenters. The summed E-state index contributed by atoms with van der Waals surface area (Å²) in [6.07, 6.45) is 0.953. The molecule has 4 heteroatoms. The van der Waals surface area contributed by atoms with Gasteiger partial charge in [0.05, 0.1) is 0 Å². The van der Waals surface area contributed by atoms with Crippen LogP contribution in [0, 0.1) is 0 Å². The van der Waals surface area contributed by atoms with Crippen molar-refractivity contribution in [2.75, 3.05) is 18.4 Å². The van der Waals surface area contributed by atoms with Crippen LogP contribution in [0.5, 0.6) is 0 Å². The average Bonchev–Trinajstić information content (AvgIpc) is 2.22. The van der Waals surface area contributed by atoms with Crippen LogP contribution < -0.4 is 5.32 Å². The fourth-order valence-corrected chi connectivity index (χ4v) is 2.37. The Hall–Kier alpha value is 0.430. The highest BCUT2D eigenvalue weighted by molar-refractivity contribution is 9.09. The second kappa shape index (κ2) is 7.66. The third kappa shape index (κ3) is 5.34. The molecule has 1 rings (SSSR count). The molecule has 15 heavy (non-hydrogen) atoms. The molecule has 1 N–H and O–H groups in total. The smallest absolute Gasteiger partial charge is 0.0438 e. The number of halogens is 3. The summed E-state index contributed by atoms with van der Waals surface area (Å²) >= 11 is 13.1. The van der Waals surface area contributed by atoms with Gasteiger partial charge in [0.2, 0.25) is 0 Å². The molecule has 0 spiro atoms. The topological polar surface area (TPSA) is 12.0 Å². The lowest BCUT2D eigenvalue weighted by molar-refractivity contribution is 0.696. The molecule has 1 aromatic rings. The summed E-state index contributed by atoms with van der Waals surface area (Å²) in [4.78, 5) is 0.427. The zero-order chi connectivity index (χ0) is 11.1. The standard InChI is InChI=1S/C11H14Br2ClN/c12-5-6-15-8-10(13)7-9-3-1-2-4-11(9)14/h1-4,10,15H,5-8H2. The van der Waals surface area contributed by atoms with Gasteiger partial charge in [0.15, 0.2) is 0 Å². The van der Waals surface area contributed by atoms with Gasteiger partial charge in [-0.25, -0.2) is 0 Å². The van der Waals surface area contributed by atoms with Gasteiger partial charge in [0.25, 0.3) is 0 Å².